The maximum atomic E-state index is 12.1. The van der Waals surface area contributed by atoms with Gasteiger partial charge < -0.3 is 9.64 Å². The maximum absolute atomic E-state index is 12.1. The molecule has 2 atom stereocenters. The van der Waals surface area contributed by atoms with Crippen LogP contribution < -0.4 is 0 Å². The Hall–Kier alpha value is -1.14. The first-order chi connectivity index (χ1) is 9.78. The van der Waals surface area contributed by atoms with Crippen molar-refractivity contribution in [2.45, 2.75) is 52.3 Å². The number of piperazine rings is 1. The molecule has 21 heavy (non-hydrogen) atoms. The van der Waals surface area contributed by atoms with Crippen molar-refractivity contribution in [3.63, 3.8) is 0 Å². The van der Waals surface area contributed by atoms with Crippen molar-refractivity contribution in [2.75, 3.05) is 19.6 Å². The van der Waals surface area contributed by atoms with Crippen molar-refractivity contribution in [1.29, 1.82) is 0 Å². The summed E-state index contributed by atoms with van der Waals surface area (Å²) in [6.07, 6.45) is 1.63. The van der Waals surface area contributed by atoms with Crippen molar-refractivity contribution < 1.29 is 9.53 Å². The topological polar surface area (TPSA) is 45.7 Å². The van der Waals surface area contributed by atoms with Crippen LogP contribution in [0.1, 0.15) is 45.7 Å². The Morgan fingerprint density at radius 1 is 1.48 bits per heavy atom. The van der Waals surface area contributed by atoms with Gasteiger partial charge in [-0.3, -0.25) is 4.90 Å². The second kappa shape index (κ2) is 6.32. The molecule has 0 aliphatic carbocycles. The van der Waals surface area contributed by atoms with Gasteiger partial charge in [-0.25, -0.2) is 9.78 Å². The first-order valence-corrected chi connectivity index (χ1v) is 8.29. The number of carbonyl (C=O) groups excluding carboxylic acids is 1. The highest BCUT2D eigenvalue weighted by Gasteiger charge is 2.32. The van der Waals surface area contributed by atoms with Crippen LogP contribution in [0.15, 0.2) is 11.6 Å². The van der Waals surface area contributed by atoms with E-state index in [1.54, 1.807) is 16.2 Å². The Kier molecular flexibility index (Phi) is 4.88. The number of thiazole rings is 1. The Morgan fingerprint density at radius 2 is 2.19 bits per heavy atom. The molecule has 5 nitrogen and oxygen atoms in total. The van der Waals surface area contributed by atoms with Crippen LogP contribution in [-0.4, -0.2) is 52.2 Å². The van der Waals surface area contributed by atoms with Gasteiger partial charge in [0.05, 0.1) is 6.04 Å². The molecule has 0 radical (unpaired) electrons. The lowest BCUT2D eigenvalue weighted by atomic mass is 10.1. The van der Waals surface area contributed by atoms with Crippen LogP contribution in [0.5, 0.6) is 0 Å². The van der Waals surface area contributed by atoms with Crippen LogP contribution in [0.4, 0.5) is 4.79 Å². The second-order valence-corrected chi connectivity index (χ2v) is 7.49. The quantitative estimate of drug-likeness (QED) is 0.842. The highest BCUT2D eigenvalue weighted by atomic mass is 32.1. The number of carbonyl (C=O) groups is 1. The zero-order valence-electron chi connectivity index (χ0n) is 13.5. The molecule has 1 saturated heterocycles. The van der Waals surface area contributed by atoms with Gasteiger partial charge in [0, 0.05) is 37.3 Å². The molecule has 118 valence electrons. The van der Waals surface area contributed by atoms with E-state index in [0.29, 0.717) is 25.2 Å². The Balaban J connectivity index is 1.94. The Labute approximate surface area is 130 Å². The van der Waals surface area contributed by atoms with Gasteiger partial charge >= 0.3 is 6.09 Å². The third-order valence-corrected chi connectivity index (χ3v) is 4.58. The predicted molar refractivity (Wildman–Crippen MR) is 84.5 cm³/mol. The van der Waals surface area contributed by atoms with Crippen LogP contribution in [0.3, 0.4) is 0 Å². The van der Waals surface area contributed by atoms with E-state index in [1.165, 1.54) is 0 Å². The summed E-state index contributed by atoms with van der Waals surface area (Å²) < 4.78 is 5.45. The molecule has 0 spiro atoms. The van der Waals surface area contributed by atoms with Crippen LogP contribution in [0.25, 0.3) is 0 Å². The molecule has 0 N–H and O–H groups in total. The molecule has 1 aromatic rings. The fourth-order valence-electron chi connectivity index (χ4n) is 2.62. The molecule has 6 heteroatoms. The molecule has 0 bridgehead atoms. The molecule has 2 heterocycles. The number of amides is 1. The zero-order valence-corrected chi connectivity index (χ0v) is 14.3. The monoisotopic (exact) mass is 311 g/mol. The van der Waals surface area contributed by atoms with Crippen LogP contribution >= 0.6 is 11.3 Å². The van der Waals surface area contributed by atoms with Gasteiger partial charge in [-0.15, -0.1) is 11.3 Å². The van der Waals surface area contributed by atoms with E-state index in [9.17, 15) is 4.79 Å². The van der Waals surface area contributed by atoms with E-state index >= 15 is 0 Å². The highest BCUT2D eigenvalue weighted by molar-refractivity contribution is 7.09. The van der Waals surface area contributed by atoms with Crippen LogP contribution in [0.2, 0.25) is 0 Å². The number of hydrogen-bond donors (Lipinski definition) is 0. The minimum Gasteiger partial charge on any atom is -0.444 e. The van der Waals surface area contributed by atoms with Crippen molar-refractivity contribution >= 4 is 17.4 Å². The molecule has 1 aliphatic rings. The summed E-state index contributed by atoms with van der Waals surface area (Å²) in [5, 5.41) is 3.14. The lowest BCUT2D eigenvalue weighted by molar-refractivity contribution is -0.000724. The summed E-state index contributed by atoms with van der Waals surface area (Å²) in [6, 6.07) is 0.589. The summed E-state index contributed by atoms with van der Waals surface area (Å²) in [4.78, 5) is 20.7. The summed E-state index contributed by atoms with van der Waals surface area (Å²) >= 11 is 1.68. The van der Waals surface area contributed by atoms with Gasteiger partial charge in [-0.1, -0.05) is 0 Å². The Bertz CT molecular complexity index is 470. The average molecular weight is 311 g/mol. The fraction of sp³-hybridized carbons (Fsp3) is 0.733. The van der Waals surface area contributed by atoms with Gasteiger partial charge in [0.2, 0.25) is 0 Å². The second-order valence-electron chi connectivity index (χ2n) is 6.56. The molecule has 0 saturated carbocycles. The molecule has 2 rings (SSSR count). The minimum atomic E-state index is -0.439. The van der Waals surface area contributed by atoms with Crippen molar-refractivity contribution in [3.8, 4) is 0 Å². The van der Waals surface area contributed by atoms with Crippen molar-refractivity contribution in [2.24, 2.45) is 0 Å². The zero-order chi connectivity index (χ0) is 15.6. The first kappa shape index (κ1) is 16.2. The van der Waals surface area contributed by atoms with Gasteiger partial charge in [-0.05, 0) is 34.6 Å². The minimum absolute atomic E-state index is 0.212. The first-order valence-electron chi connectivity index (χ1n) is 7.41. The summed E-state index contributed by atoms with van der Waals surface area (Å²) in [5.41, 5.74) is -0.439. The standard InChI is InChI=1S/C15H25N3O2S/c1-11-10-17(14(19)20-15(3,4)5)7-8-18(11)12(2)13-16-6-9-21-13/h6,9,11-12H,7-8,10H2,1-5H3. The van der Waals surface area contributed by atoms with Crippen molar-refractivity contribution in [3.05, 3.63) is 16.6 Å². The summed E-state index contributed by atoms with van der Waals surface area (Å²) in [5.74, 6) is 0. The van der Waals surface area contributed by atoms with E-state index in [1.807, 2.05) is 32.3 Å². The predicted octanol–water partition coefficient (Wildman–Crippen LogP) is 3.15. The smallest absolute Gasteiger partial charge is 0.410 e. The number of nitrogens with zero attached hydrogens (tertiary/aromatic N) is 3. The molecule has 1 amide bonds. The normalized spacial score (nSPS) is 22.1. The lowest BCUT2D eigenvalue weighted by Gasteiger charge is -2.42. The average Bonchev–Trinajstić information content (AvgIpc) is 2.89. The fourth-order valence-corrected chi connectivity index (χ4v) is 3.34. The molecule has 1 fully saturated rings. The highest BCUT2D eigenvalue weighted by Crippen LogP contribution is 2.26. The number of aromatic nitrogens is 1. The largest absolute Gasteiger partial charge is 0.444 e. The van der Waals surface area contributed by atoms with Gasteiger partial charge in [0.25, 0.3) is 0 Å². The van der Waals surface area contributed by atoms with E-state index in [0.717, 1.165) is 11.6 Å². The van der Waals surface area contributed by atoms with Gasteiger partial charge in [0.1, 0.15) is 10.6 Å². The third kappa shape index (κ3) is 4.17. The SMILES string of the molecule is CC1CN(C(=O)OC(C)(C)C)CCN1C(C)c1nccs1. The lowest BCUT2D eigenvalue weighted by Crippen LogP contribution is -2.54. The molecule has 1 aromatic heterocycles. The number of hydrogen-bond acceptors (Lipinski definition) is 5. The van der Waals surface area contributed by atoms with E-state index in [2.05, 4.69) is 23.7 Å². The van der Waals surface area contributed by atoms with E-state index < -0.39 is 5.60 Å². The molecular formula is C15H25N3O2S. The number of rotatable bonds is 2. The van der Waals surface area contributed by atoms with E-state index in [-0.39, 0.29) is 6.09 Å². The molecule has 1 aliphatic heterocycles. The summed E-state index contributed by atoms with van der Waals surface area (Å²) in [7, 11) is 0. The maximum Gasteiger partial charge on any atom is 0.410 e. The molecule has 2 unspecified atom stereocenters. The number of ether oxygens (including phenoxy) is 1. The van der Waals surface area contributed by atoms with Crippen LogP contribution in [-0.2, 0) is 4.74 Å². The van der Waals surface area contributed by atoms with Crippen LogP contribution in [0, 0.1) is 0 Å². The molecule has 0 aromatic carbocycles. The molecular weight excluding hydrogens is 286 g/mol. The van der Waals surface area contributed by atoms with Gasteiger partial charge in [0.15, 0.2) is 0 Å². The Morgan fingerprint density at radius 3 is 2.71 bits per heavy atom. The van der Waals surface area contributed by atoms with Gasteiger partial charge in [-0.2, -0.15) is 0 Å². The van der Waals surface area contributed by atoms with E-state index in [4.69, 9.17) is 4.74 Å². The third-order valence-electron chi connectivity index (χ3n) is 3.64. The van der Waals surface area contributed by atoms with Crippen molar-refractivity contribution in [1.82, 2.24) is 14.8 Å². The summed E-state index contributed by atoms with van der Waals surface area (Å²) in [6.45, 7) is 12.3.